The van der Waals surface area contributed by atoms with Crippen molar-refractivity contribution in [2.45, 2.75) is 69.8 Å². The van der Waals surface area contributed by atoms with Gasteiger partial charge in [0.25, 0.3) is 5.91 Å². The van der Waals surface area contributed by atoms with E-state index in [4.69, 9.17) is 4.74 Å². The molecule has 4 rings (SSSR count). The molecule has 0 saturated carbocycles. The summed E-state index contributed by atoms with van der Waals surface area (Å²) in [6.45, 7) is 6.24. The van der Waals surface area contributed by atoms with Gasteiger partial charge in [0.2, 0.25) is 0 Å². The van der Waals surface area contributed by atoms with E-state index in [1.807, 2.05) is 41.8 Å². The van der Waals surface area contributed by atoms with E-state index in [2.05, 4.69) is 71.8 Å². The highest BCUT2D eigenvalue weighted by Crippen LogP contribution is 2.29. The van der Waals surface area contributed by atoms with E-state index in [9.17, 15) is 4.79 Å². The van der Waals surface area contributed by atoms with Gasteiger partial charge in [-0.25, -0.2) is 0 Å². The molecule has 1 heterocycles. The number of aryl methyl sites for hydroxylation is 2. The normalized spacial score (nSPS) is 11.8. The first-order valence-electron chi connectivity index (χ1n) is 13.7. The molecule has 1 unspecified atom stereocenters. The lowest BCUT2D eigenvalue weighted by Crippen LogP contribution is -2.28. The number of nitrogens with one attached hydrogen (secondary N) is 1. The standard InChI is InChI=1S/C32H38N4O2S/c1-5-6-7-8-10-25-15-17-27(18-16-25)31(37)33-24(3)30-34-35-32(36(30)28-19-13-23(2)14-20-28)39-22-26-11-9-12-29(21-26)38-4/h9,11-21,24H,5-8,10,22H2,1-4H3,(H,33,37). The molecule has 6 nitrogen and oxygen atoms in total. The molecule has 3 aromatic carbocycles. The molecule has 1 amide bonds. The van der Waals surface area contributed by atoms with Crippen molar-refractivity contribution in [1.82, 2.24) is 20.1 Å². The summed E-state index contributed by atoms with van der Waals surface area (Å²) in [6, 6.07) is 23.9. The van der Waals surface area contributed by atoms with E-state index in [-0.39, 0.29) is 11.9 Å². The summed E-state index contributed by atoms with van der Waals surface area (Å²) in [4.78, 5) is 13.1. The van der Waals surface area contributed by atoms with Gasteiger partial charge in [0.05, 0.1) is 13.2 Å². The molecule has 7 heteroatoms. The molecule has 1 atom stereocenters. The topological polar surface area (TPSA) is 69.0 Å². The molecular weight excluding hydrogens is 504 g/mol. The van der Waals surface area contributed by atoms with Crippen molar-refractivity contribution in [1.29, 1.82) is 0 Å². The van der Waals surface area contributed by atoms with Crippen LogP contribution in [0.4, 0.5) is 0 Å². The minimum absolute atomic E-state index is 0.121. The second-order valence-corrected chi connectivity index (χ2v) is 10.8. The second-order valence-electron chi connectivity index (χ2n) is 9.85. The third-order valence-corrected chi connectivity index (χ3v) is 7.72. The number of amides is 1. The number of nitrogens with zero attached hydrogens (tertiary/aromatic N) is 3. The van der Waals surface area contributed by atoms with Gasteiger partial charge in [0, 0.05) is 17.0 Å². The Kier molecular flexibility index (Phi) is 10.2. The highest BCUT2D eigenvalue weighted by Gasteiger charge is 2.22. The summed E-state index contributed by atoms with van der Waals surface area (Å²) >= 11 is 1.60. The van der Waals surface area contributed by atoms with Crippen LogP contribution in [0.15, 0.2) is 78.0 Å². The van der Waals surface area contributed by atoms with Crippen LogP contribution in [0, 0.1) is 6.92 Å². The number of carbonyl (C=O) groups is 1. The first-order chi connectivity index (χ1) is 19.0. The maximum absolute atomic E-state index is 13.1. The van der Waals surface area contributed by atoms with Crippen LogP contribution in [0.1, 0.15) is 78.4 Å². The number of methoxy groups -OCH3 is 1. The number of hydrogen-bond acceptors (Lipinski definition) is 5. The Bertz CT molecular complexity index is 1350. The molecule has 1 N–H and O–H groups in total. The molecule has 39 heavy (non-hydrogen) atoms. The van der Waals surface area contributed by atoms with Crippen LogP contribution in [-0.4, -0.2) is 27.8 Å². The summed E-state index contributed by atoms with van der Waals surface area (Å²) in [5.41, 5.74) is 5.19. The van der Waals surface area contributed by atoms with Crippen molar-refractivity contribution in [2.75, 3.05) is 7.11 Å². The van der Waals surface area contributed by atoms with Crippen molar-refractivity contribution in [3.63, 3.8) is 0 Å². The lowest BCUT2D eigenvalue weighted by atomic mass is 10.0. The quantitative estimate of drug-likeness (QED) is 0.140. The Hall–Kier alpha value is -3.58. The first-order valence-corrected chi connectivity index (χ1v) is 14.6. The van der Waals surface area contributed by atoms with Gasteiger partial charge in [-0.3, -0.25) is 9.36 Å². The van der Waals surface area contributed by atoms with Crippen molar-refractivity contribution in [3.8, 4) is 11.4 Å². The number of carbonyl (C=O) groups excluding carboxylic acids is 1. The highest BCUT2D eigenvalue weighted by molar-refractivity contribution is 7.98. The van der Waals surface area contributed by atoms with Gasteiger partial charge in [0.15, 0.2) is 11.0 Å². The fraction of sp³-hybridized carbons (Fsp3) is 0.344. The summed E-state index contributed by atoms with van der Waals surface area (Å²) in [5, 5.41) is 12.9. The zero-order chi connectivity index (χ0) is 27.6. The zero-order valence-electron chi connectivity index (χ0n) is 23.3. The van der Waals surface area contributed by atoms with Gasteiger partial charge in [-0.1, -0.05) is 79.9 Å². The summed E-state index contributed by atoms with van der Waals surface area (Å²) < 4.78 is 7.41. The summed E-state index contributed by atoms with van der Waals surface area (Å²) in [6.07, 6.45) is 5.99. The van der Waals surface area contributed by atoms with Crippen LogP contribution >= 0.6 is 11.8 Å². The molecule has 0 radical (unpaired) electrons. The van der Waals surface area contributed by atoms with Gasteiger partial charge in [-0.2, -0.15) is 0 Å². The van der Waals surface area contributed by atoms with Crippen LogP contribution in [0.5, 0.6) is 5.75 Å². The number of unbranched alkanes of at least 4 members (excludes halogenated alkanes) is 3. The summed E-state index contributed by atoms with van der Waals surface area (Å²) in [7, 11) is 1.67. The largest absolute Gasteiger partial charge is 0.497 e. The zero-order valence-corrected chi connectivity index (χ0v) is 24.1. The molecular formula is C32H38N4O2S. The monoisotopic (exact) mass is 542 g/mol. The predicted molar refractivity (Wildman–Crippen MR) is 159 cm³/mol. The molecule has 1 aromatic heterocycles. The van der Waals surface area contributed by atoms with Crippen molar-refractivity contribution >= 4 is 17.7 Å². The van der Waals surface area contributed by atoms with Crippen LogP contribution in [-0.2, 0) is 12.2 Å². The van der Waals surface area contributed by atoms with E-state index in [1.165, 1.54) is 36.8 Å². The van der Waals surface area contributed by atoms with Gasteiger partial charge >= 0.3 is 0 Å². The Morgan fingerprint density at radius 1 is 0.974 bits per heavy atom. The Morgan fingerprint density at radius 3 is 2.46 bits per heavy atom. The summed E-state index contributed by atoms with van der Waals surface area (Å²) in [5.74, 6) is 2.11. The van der Waals surface area contributed by atoms with Crippen LogP contribution < -0.4 is 10.1 Å². The SMILES string of the molecule is CCCCCCc1ccc(C(=O)NC(C)c2nnc(SCc3cccc(OC)c3)n2-c2ccc(C)cc2)cc1. The molecule has 0 bridgehead atoms. The van der Waals surface area contributed by atoms with Crippen molar-refractivity contribution in [2.24, 2.45) is 0 Å². The lowest BCUT2D eigenvalue weighted by Gasteiger charge is -2.17. The molecule has 0 aliphatic heterocycles. The van der Waals surface area contributed by atoms with Crippen molar-refractivity contribution in [3.05, 3.63) is 101 Å². The maximum Gasteiger partial charge on any atom is 0.251 e. The Balaban J connectivity index is 1.50. The number of thioether (sulfide) groups is 1. The minimum Gasteiger partial charge on any atom is -0.497 e. The third kappa shape index (κ3) is 7.73. The third-order valence-electron chi connectivity index (χ3n) is 6.72. The minimum atomic E-state index is -0.341. The number of aromatic nitrogens is 3. The fourth-order valence-electron chi connectivity index (χ4n) is 4.42. The average molecular weight is 543 g/mol. The molecule has 0 aliphatic carbocycles. The molecule has 0 aliphatic rings. The Morgan fingerprint density at radius 2 is 1.74 bits per heavy atom. The van der Waals surface area contributed by atoms with Gasteiger partial charge in [0.1, 0.15) is 5.75 Å². The predicted octanol–water partition coefficient (Wildman–Crippen LogP) is 7.49. The number of benzene rings is 3. The molecule has 4 aromatic rings. The second kappa shape index (κ2) is 14.0. The molecule has 0 saturated heterocycles. The van der Waals surface area contributed by atoms with Gasteiger partial charge in [-0.15, -0.1) is 10.2 Å². The van der Waals surface area contributed by atoms with E-state index >= 15 is 0 Å². The molecule has 0 fully saturated rings. The van der Waals surface area contributed by atoms with Gasteiger partial charge in [-0.05, 0) is 74.2 Å². The van der Waals surface area contributed by atoms with E-state index < -0.39 is 0 Å². The average Bonchev–Trinajstić information content (AvgIpc) is 3.39. The lowest BCUT2D eigenvalue weighted by molar-refractivity contribution is 0.0938. The smallest absolute Gasteiger partial charge is 0.251 e. The highest BCUT2D eigenvalue weighted by atomic mass is 32.2. The number of ether oxygens (including phenoxy) is 1. The van der Waals surface area contributed by atoms with Crippen molar-refractivity contribution < 1.29 is 9.53 Å². The number of rotatable bonds is 13. The van der Waals surface area contributed by atoms with Crippen LogP contribution in [0.2, 0.25) is 0 Å². The van der Waals surface area contributed by atoms with E-state index in [0.717, 1.165) is 28.6 Å². The molecule has 0 spiro atoms. The van der Waals surface area contributed by atoms with Crippen LogP contribution in [0.25, 0.3) is 5.69 Å². The first kappa shape index (κ1) is 28.4. The van der Waals surface area contributed by atoms with Gasteiger partial charge < -0.3 is 10.1 Å². The van der Waals surface area contributed by atoms with E-state index in [0.29, 0.717) is 17.1 Å². The van der Waals surface area contributed by atoms with Crippen LogP contribution in [0.3, 0.4) is 0 Å². The molecule has 204 valence electrons. The number of hydrogen-bond donors (Lipinski definition) is 1. The Labute approximate surface area is 236 Å². The maximum atomic E-state index is 13.1. The fourth-order valence-corrected chi connectivity index (χ4v) is 5.33. The van der Waals surface area contributed by atoms with E-state index in [1.54, 1.807) is 18.9 Å².